The molecule has 0 saturated carbocycles. The third kappa shape index (κ3) is 2.20. The Hall–Kier alpha value is -2.96. The fraction of sp³-hybridized carbons (Fsp3) is 0.294. The molecular weight excluding hydrogens is 306 g/mol. The molecule has 1 amide bonds. The number of hydrogen-bond donors (Lipinski definition) is 0. The Morgan fingerprint density at radius 2 is 2.00 bits per heavy atom. The van der Waals surface area contributed by atoms with Gasteiger partial charge in [-0.05, 0) is 30.7 Å². The first kappa shape index (κ1) is 14.6. The zero-order valence-corrected chi connectivity index (χ0v) is 13.3. The minimum Gasteiger partial charge on any atom is -0.335 e. The van der Waals surface area contributed by atoms with E-state index in [2.05, 4.69) is 9.97 Å². The minimum absolute atomic E-state index is 0.0660. The van der Waals surface area contributed by atoms with Crippen LogP contribution in [0.5, 0.6) is 0 Å². The van der Waals surface area contributed by atoms with E-state index in [1.807, 2.05) is 12.1 Å². The molecule has 4 heterocycles. The van der Waals surface area contributed by atoms with E-state index in [1.165, 1.54) is 0 Å². The molecule has 3 aromatic heterocycles. The lowest BCUT2D eigenvalue weighted by Crippen LogP contribution is -2.32. The van der Waals surface area contributed by atoms with Crippen molar-refractivity contribution in [2.45, 2.75) is 12.5 Å². The lowest BCUT2D eigenvalue weighted by Gasteiger charge is -2.16. The van der Waals surface area contributed by atoms with Gasteiger partial charge in [-0.15, -0.1) is 0 Å². The summed E-state index contributed by atoms with van der Waals surface area (Å²) < 4.78 is 3.31. The first-order valence-corrected chi connectivity index (χ1v) is 7.89. The van der Waals surface area contributed by atoms with Crippen LogP contribution in [0, 0.1) is 0 Å². The van der Waals surface area contributed by atoms with Gasteiger partial charge in [0.2, 0.25) is 0 Å². The van der Waals surface area contributed by atoms with Gasteiger partial charge >= 0.3 is 5.69 Å². The third-order valence-corrected chi connectivity index (χ3v) is 4.55. The van der Waals surface area contributed by atoms with Gasteiger partial charge in [0.25, 0.3) is 5.91 Å². The van der Waals surface area contributed by atoms with Crippen LogP contribution in [0.15, 0.2) is 47.5 Å². The lowest BCUT2D eigenvalue weighted by molar-refractivity contribution is 0.0782. The average Bonchev–Trinajstić information content (AvgIpc) is 3.19. The van der Waals surface area contributed by atoms with Gasteiger partial charge in [0.15, 0.2) is 5.65 Å². The van der Waals surface area contributed by atoms with Crippen molar-refractivity contribution in [1.29, 1.82) is 0 Å². The van der Waals surface area contributed by atoms with Crippen molar-refractivity contribution in [2.75, 3.05) is 13.1 Å². The zero-order chi connectivity index (χ0) is 16.7. The number of fused-ring (bicyclic) bond motifs is 1. The highest BCUT2D eigenvalue weighted by molar-refractivity contribution is 5.92. The summed E-state index contributed by atoms with van der Waals surface area (Å²) >= 11 is 0. The van der Waals surface area contributed by atoms with Crippen LogP contribution < -0.4 is 5.69 Å². The summed E-state index contributed by atoms with van der Waals surface area (Å²) in [5.41, 5.74) is 1.81. The summed E-state index contributed by atoms with van der Waals surface area (Å²) in [5.74, 6) is -0.0978. The van der Waals surface area contributed by atoms with Crippen LogP contribution in [0.1, 0.15) is 23.0 Å². The molecule has 0 bridgehead atoms. The van der Waals surface area contributed by atoms with Gasteiger partial charge in [-0.3, -0.25) is 18.9 Å². The topological polar surface area (TPSA) is 73.0 Å². The molecule has 1 unspecified atom stereocenters. The normalized spacial score (nSPS) is 17.5. The number of rotatable bonds is 2. The van der Waals surface area contributed by atoms with E-state index >= 15 is 0 Å². The number of carbonyl (C=O) groups is 1. The number of amides is 1. The smallest absolute Gasteiger partial charge is 0.330 e. The van der Waals surface area contributed by atoms with Crippen molar-refractivity contribution in [1.82, 2.24) is 24.0 Å². The summed E-state index contributed by atoms with van der Waals surface area (Å²) in [5, 5.41) is 0. The van der Waals surface area contributed by atoms with E-state index in [9.17, 15) is 9.59 Å². The molecule has 0 N–H and O–H groups in total. The Labute approximate surface area is 138 Å². The van der Waals surface area contributed by atoms with Crippen LogP contribution in [0.3, 0.4) is 0 Å². The summed E-state index contributed by atoms with van der Waals surface area (Å²) in [4.78, 5) is 35.4. The maximum atomic E-state index is 12.6. The van der Waals surface area contributed by atoms with Crippen molar-refractivity contribution in [2.24, 2.45) is 7.05 Å². The molecule has 24 heavy (non-hydrogen) atoms. The van der Waals surface area contributed by atoms with Gasteiger partial charge in [-0.25, -0.2) is 9.78 Å². The van der Waals surface area contributed by atoms with E-state index < -0.39 is 0 Å². The second kappa shape index (κ2) is 5.59. The second-order valence-corrected chi connectivity index (χ2v) is 5.97. The van der Waals surface area contributed by atoms with Gasteiger partial charge < -0.3 is 4.90 Å². The van der Waals surface area contributed by atoms with Crippen molar-refractivity contribution in [3.63, 3.8) is 0 Å². The molecule has 0 aliphatic carbocycles. The largest absolute Gasteiger partial charge is 0.335 e. The quantitative estimate of drug-likeness (QED) is 0.711. The molecule has 0 radical (unpaired) electrons. The Morgan fingerprint density at radius 3 is 2.79 bits per heavy atom. The Balaban J connectivity index is 1.66. The molecule has 122 valence electrons. The molecule has 1 aliphatic rings. The zero-order valence-electron chi connectivity index (χ0n) is 13.3. The Bertz CT molecular complexity index is 960. The molecule has 0 aromatic carbocycles. The highest BCUT2D eigenvalue weighted by atomic mass is 16.2. The highest BCUT2D eigenvalue weighted by Gasteiger charge is 2.31. The number of carbonyl (C=O) groups excluding carboxylic acids is 1. The van der Waals surface area contributed by atoms with Crippen molar-refractivity contribution >= 4 is 17.1 Å². The molecule has 3 aromatic rings. The third-order valence-electron chi connectivity index (χ3n) is 4.55. The first-order chi connectivity index (χ1) is 11.7. The molecule has 7 nitrogen and oxygen atoms in total. The standard InChI is InChI=1S/C17H17N5O2/c1-20-14-6-4-9-19-15(14)22(17(20)24)12-7-10-21(11-12)16(23)13-5-2-3-8-18-13/h2-6,8-9,12H,7,10-11H2,1H3. The second-order valence-electron chi connectivity index (χ2n) is 5.97. The monoisotopic (exact) mass is 323 g/mol. The Kier molecular flexibility index (Phi) is 3.41. The predicted molar refractivity (Wildman–Crippen MR) is 88.8 cm³/mol. The number of pyridine rings is 2. The van der Waals surface area contributed by atoms with Gasteiger partial charge in [-0.1, -0.05) is 6.07 Å². The van der Waals surface area contributed by atoms with Gasteiger partial charge in [0, 0.05) is 32.5 Å². The predicted octanol–water partition coefficient (Wildman–Crippen LogP) is 1.22. The van der Waals surface area contributed by atoms with Crippen LogP contribution >= 0.6 is 0 Å². The van der Waals surface area contributed by atoms with E-state index in [0.717, 1.165) is 11.9 Å². The molecule has 4 rings (SSSR count). The van der Waals surface area contributed by atoms with Gasteiger partial charge in [0.05, 0.1) is 11.6 Å². The fourth-order valence-corrected chi connectivity index (χ4v) is 3.31. The molecule has 1 fully saturated rings. The summed E-state index contributed by atoms with van der Waals surface area (Å²) in [6, 6.07) is 8.92. The van der Waals surface area contributed by atoms with E-state index in [4.69, 9.17) is 0 Å². The van der Waals surface area contributed by atoms with E-state index in [0.29, 0.717) is 24.4 Å². The van der Waals surface area contributed by atoms with Crippen LogP contribution in [-0.4, -0.2) is 43.0 Å². The number of nitrogens with zero attached hydrogens (tertiary/aromatic N) is 5. The van der Waals surface area contributed by atoms with Crippen molar-refractivity contribution in [3.05, 3.63) is 58.9 Å². The molecular formula is C17H17N5O2. The average molecular weight is 323 g/mol. The molecule has 7 heteroatoms. The molecule has 1 saturated heterocycles. The van der Waals surface area contributed by atoms with Crippen LogP contribution in [0.25, 0.3) is 11.2 Å². The van der Waals surface area contributed by atoms with E-state index in [1.54, 1.807) is 51.7 Å². The number of likely N-dealkylation sites (tertiary alicyclic amines) is 1. The highest BCUT2D eigenvalue weighted by Crippen LogP contribution is 2.24. The maximum Gasteiger partial charge on any atom is 0.330 e. The number of aromatic nitrogens is 4. The molecule has 0 spiro atoms. The SMILES string of the molecule is Cn1c(=O)n(C2CCN(C(=O)c3ccccn3)C2)c2ncccc21. The molecule has 1 atom stereocenters. The number of hydrogen-bond acceptors (Lipinski definition) is 4. The number of imidazole rings is 1. The van der Waals surface area contributed by atoms with E-state index in [-0.39, 0.29) is 17.6 Å². The lowest BCUT2D eigenvalue weighted by atomic mass is 10.2. The first-order valence-electron chi connectivity index (χ1n) is 7.89. The molecule has 1 aliphatic heterocycles. The number of aryl methyl sites for hydroxylation is 1. The minimum atomic E-state index is -0.0978. The van der Waals surface area contributed by atoms with Crippen LogP contribution in [0.4, 0.5) is 0 Å². The van der Waals surface area contributed by atoms with Crippen molar-refractivity contribution < 1.29 is 4.79 Å². The Morgan fingerprint density at radius 1 is 1.17 bits per heavy atom. The van der Waals surface area contributed by atoms with Gasteiger partial charge in [-0.2, -0.15) is 0 Å². The maximum absolute atomic E-state index is 12.6. The summed E-state index contributed by atoms with van der Waals surface area (Å²) in [6.07, 6.45) is 4.03. The van der Waals surface area contributed by atoms with Gasteiger partial charge in [0.1, 0.15) is 5.69 Å². The summed E-state index contributed by atoms with van der Waals surface area (Å²) in [6.45, 7) is 1.10. The fourth-order valence-electron chi connectivity index (χ4n) is 3.31. The summed E-state index contributed by atoms with van der Waals surface area (Å²) in [7, 11) is 1.74. The van der Waals surface area contributed by atoms with Crippen LogP contribution in [-0.2, 0) is 7.05 Å². The van der Waals surface area contributed by atoms with Crippen LogP contribution in [0.2, 0.25) is 0 Å². The van der Waals surface area contributed by atoms with Crippen molar-refractivity contribution in [3.8, 4) is 0 Å².